The third-order valence-electron chi connectivity index (χ3n) is 22.5. The van der Waals surface area contributed by atoms with Gasteiger partial charge in [0, 0.05) is 10.8 Å². The van der Waals surface area contributed by atoms with Crippen LogP contribution in [0.2, 0.25) is 0 Å². The van der Waals surface area contributed by atoms with Gasteiger partial charge in [-0.1, -0.05) is 270 Å². The number of alkyl halides is 2. The maximum absolute atomic E-state index is 9.28. The fourth-order valence-electron chi connectivity index (χ4n) is 19.3. The molecular weight excluding hydrogens is 904 g/mol. The predicted molar refractivity (Wildman–Crippen MR) is 314 cm³/mol. The van der Waals surface area contributed by atoms with E-state index >= 15 is 0 Å². The third kappa shape index (κ3) is 17.3. The first-order valence-electron chi connectivity index (χ1n) is 33.8. The minimum atomic E-state index is -0.455. The quantitative estimate of drug-likeness (QED) is 0.177. The summed E-state index contributed by atoms with van der Waals surface area (Å²) in [4.78, 5) is 0. The summed E-state index contributed by atoms with van der Waals surface area (Å²) in [7, 11) is 0. The Bertz CT molecular complexity index is 1040. The van der Waals surface area contributed by atoms with Crippen molar-refractivity contribution in [1.29, 1.82) is 0 Å². The van der Waals surface area contributed by atoms with Crippen LogP contribution < -0.4 is 0 Å². The highest BCUT2D eigenvalue weighted by atomic mass is 35.5. The maximum Gasteiger partial charge on any atom is 0.0861 e. The van der Waals surface area contributed by atoms with Crippen LogP contribution in [0.5, 0.6) is 0 Å². The van der Waals surface area contributed by atoms with Gasteiger partial charge < -0.3 is 4.74 Å². The lowest BCUT2D eigenvalue weighted by molar-refractivity contribution is -0.295. The molecule has 0 radical (unpaired) electrons. The van der Waals surface area contributed by atoms with Crippen molar-refractivity contribution < 1.29 is 4.74 Å². The Labute approximate surface area is 455 Å². The van der Waals surface area contributed by atoms with Gasteiger partial charge in [0.25, 0.3) is 0 Å². The molecule has 0 bridgehead atoms. The van der Waals surface area contributed by atoms with E-state index in [1.165, 1.54) is 347 Å². The number of halogens is 2. The number of hydrogen-bond acceptors (Lipinski definition) is 1. The van der Waals surface area contributed by atoms with Crippen LogP contribution >= 0.6 is 23.2 Å². The van der Waals surface area contributed by atoms with E-state index in [0.29, 0.717) is 47.3 Å². The summed E-state index contributed by atoms with van der Waals surface area (Å²) in [5.74, 6) is 5.33. The lowest BCUT2D eigenvalue weighted by atomic mass is 9.45. The Morgan fingerprint density at radius 2 is 0.338 bits per heavy atom. The van der Waals surface area contributed by atoms with Crippen molar-refractivity contribution >= 4 is 23.2 Å². The molecule has 0 amide bonds. The largest absolute Gasteiger partial charge is 0.365 e. The first-order chi connectivity index (χ1) is 35.0. The van der Waals surface area contributed by atoms with Crippen LogP contribution in [0, 0.1) is 46.3 Å². The van der Waals surface area contributed by atoms with Crippen molar-refractivity contribution in [2.45, 2.75) is 372 Å². The highest BCUT2D eigenvalue weighted by Crippen LogP contribution is 2.67. The van der Waals surface area contributed by atoms with Crippen molar-refractivity contribution in [2.75, 3.05) is 11.8 Å². The maximum atomic E-state index is 9.28. The fourth-order valence-corrected chi connectivity index (χ4v) is 19.8. The zero-order chi connectivity index (χ0) is 49.8. The van der Waals surface area contributed by atoms with E-state index in [1.54, 1.807) is 0 Å². The molecule has 6 fully saturated rings. The molecule has 416 valence electrons. The lowest BCUT2D eigenvalue weighted by Crippen LogP contribution is -2.69. The zero-order valence-electron chi connectivity index (χ0n) is 48.2. The molecule has 6 aliphatic carbocycles. The molecule has 0 spiro atoms. The van der Waals surface area contributed by atoms with Crippen molar-refractivity contribution in [2.24, 2.45) is 46.3 Å². The molecule has 0 saturated heterocycles. The zero-order valence-corrected chi connectivity index (χ0v) is 49.7. The molecule has 71 heavy (non-hydrogen) atoms. The Kier molecular flexibility index (Phi) is 29.5. The summed E-state index contributed by atoms with van der Waals surface area (Å²) in [5.41, 5.74) is -0.809. The number of rotatable bonds is 12. The molecule has 6 aliphatic rings. The molecular formula is C68H124Cl2O. The monoisotopic (exact) mass is 1030 g/mol. The van der Waals surface area contributed by atoms with Gasteiger partial charge in [-0.2, -0.15) is 0 Å². The van der Waals surface area contributed by atoms with Crippen molar-refractivity contribution in [3.63, 3.8) is 0 Å². The van der Waals surface area contributed by atoms with Gasteiger partial charge in [0.05, 0.1) is 23.0 Å². The highest BCUT2D eigenvalue weighted by Gasteiger charge is 2.67. The molecule has 0 aliphatic heterocycles. The van der Waals surface area contributed by atoms with E-state index in [1.807, 2.05) is 0 Å². The van der Waals surface area contributed by atoms with Crippen molar-refractivity contribution in [3.8, 4) is 0 Å². The van der Waals surface area contributed by atoms with Gasteiger partial charge in [-0.15, -0.1) is 23.2 Å². The van der Waals surface area contributed by atoms with Gasteiger partial charge in [-0.3, -0.25) is 0 Å². The van der Waals surface area contributed by atoms with Crippen LogP contribution in [-0.4, -0.2) is 23.0 Å². The van der Waals surface area contributed by atoms with E-state index in [9.17, 15) is 4.74 Å². The van der Waals surface area contributed by atoms with E-state index in [4.69, 9.17) is 23.2 Å². The van der Waals surface area contributed by atoms with E-state index < -0.39 is 11.2 Å². The summed E-state index contributed by atoms with van der Waals surface area (Å²) >= 11 is 16.6. The molecule has 6 rings (SSSR count). The Morgan fingerprint density at radius 1 is 0.225 bits per heavy atom. The van der Waals surface area contributed by atoms with Gasteiger partial charge in [-0.25, -0.2) is 0 Å². The molecule has 2 unspecified atom stereocenters. The summed E-state index contributed by atoms with van der Waals surface area (Å²) in [5, 5.41) is 0. The summed E-state index contributed by atoms with van der Waals surface area (Å²) in [6, 6.07) is 0. The first kappa shape index (κ1) is 60.8. The van der Waals surface area contributed by atoms with Crippen molar-refractivity contribution in [3.05, 3.63) is 0 Å². The third-order valence-corrected chi connectivity index (χ3v) is 23.5. The molecule has 0 aromatic rings. The van der Waals surface area contributed by atoms with Crippen LogP contribution in [0.3, 0.4) is 0 Å². The standard InChI is InChI=1S/C68H124Cl2O/c1-65(57-69,67(59-45-33-21-9-3-10-22-34-46-59,60-47-35-23-11-4-12-24-36-48-60)61-49-37-25-13-5-14-26-38-50-61)71-66(2,58-70)68(62-51-39-27-15-6-16-28-40-52-62,63-53-41-29-17-7-18-30-42-54-63)64-55-43-31-19-8-20-32-44-56-64/h59-64H,3-58H2,1-2H3. The molecule has 0 N–H and O–H groups in total. The van der Waals surface area contributed by atoms with Gasteiger partial charge in [0.2, 0.25) is 0 Å². The molecule has 6 saturated carbocycles. The molecule has 0 aromatic carbocycles. The second kappa shape index (κ2) is 34.4. The average Bonchev–Trinajstić information content (AvgIpc) is 3.40. The van der Waals surface area contributed by atoms with E-state index in [-0.39, 0.29) is 10.8 Å². The number of hydrogen-bond donors (Lipinski definition) is 0. The van der Waals surface area contributed by atoms with Gasteiger partial charge in [0.1, 0.15) is 0 Å². The summed E-state index contributed by atoms with van der Waals surface area (Å²) < 4.78 is 9.28. The summed E-state index contributed by atoms with van der Waals surface area (Å²) in [6.07, 6.45) is 76.8. The van der Waals surface area contributed by atoms with Gasteiger partial charge in [-0.05, 0) is 126 Å². The second-order valence-electron chi connectivity index (χ2n) is 27.2. The summed E-state index contributed by atoms with van der Waals surface area (Å²) in [6.45, 7) is 5.53. The fraction of sp³-hybridized carbons (Fsp3) is 1.00. The molecule has 1 nitrogen and oxygen atoms in total. The number of ether oxygens (including phenoxy) is 1. The average molecular weight is 1030 g/mol. The molecule has 2 atom stereocenters. The van der Waals surface area contributed by atoms with Crippen LogP contribution in [-0.2, 0) is 4.74 Å². The van der Waals surface area contributed by atoms with Crippen LogP contribution in [0.15, 0.2) is 0 Å². The van der Waals surface area contributed by atoms with E-state index in [0.717, 1.165) is 0 Å². The Balaban J connectivity index is 1.64. The van der Waals surface area contributed by atoms with Crippen molar-refractivity contribution in [1.82, 2.24) is 0 Å². The first-order valence-corrected chi connectivity index (χ1v) is 34.8. The SMILES string of the molecule is CC(CCl)(OC(C)(CCl)C(C1CCCCCCCCC1)(C1CCCCCCCCC1)C1CCCCCCCCC1)C(C1CCCCCCCCC1)(C1CCCCCCCCC1)C1CCCCCCCCC1. The lowest BCUT2D eigenvalue weighted by Gasteiger charge is -2.67. The Morgan fingerprint density at radius 3 is 0.451 bits per heavy atom. The smallest absolute Gasteiger partial charge is 0.0861 e. The molecule has 0 aromatic heterocycles. The Hall–Kier alpha value is 0.540. The van der Waals surface area contributed by atoms with Gasteiger partial charge in [0.15, 0.2) is 0 Å². The minimum Gasteiger partial charge on any atom is -0.365 e. The van der Waals surface area contributed by atoms with Crippen LogP contribution in [0.1, 0.15) is 361 Å². The van der Waals surface area contributed by atoms with Crippen LogP contribution in [0.4, 0.5) is 0 Å². The minimum absolute atomic E-state index is 0.0500. The predicted octanol–water partition coefficient (Wildman–Crippen LogP) is 23.8. The molecule has 0 heterocycles. The normalized spacial score (nSPS) is 27.5. The van der Waals surface area contributed by atoms with Gasteiger partial charge >= 0.3 is 0 Å². The highest BCUT2D eigenvalue weighted by molar-refractivity contribution is 6.19. The second-order valence-corrected chi connectivity index (χ2v) is 27.7. The topological polar surface area (TPSA) is 9.23 Å². The molecule has 3 heteroatoms. The van der Waals surface area contributed by atoms with Crippen LogP contribution in [0.25, 0.3) is 0 Å². The van der Waals surface area contributed by atoms with E-state index in [2.05, 4.69) is 13.8 Å².